The van der Waals surface area contributed by atoms with Gasteiger partial charge in [-0.15, -0.1) is 0 Å². The maximum atomic E-state index is 5.55. The molecule has 1 aromatic heterocycles. The highest BCUT2D eigenvalue weighted by molar-refractivity contribution is 5.83. The van der Waals surface area contributed by atoms with Crippen LogP contribution in [0.25, 0.3) is 10.9 Å². The summed E-state index contributed by atoms with van der Waals surface area (Å²) in [5.74, 6) is 0.816. The monoisotopic (exact) mass is 374 g/mol. The van der Waals surface area contributed by atoms with E-state index in [-0.39, 0.29) is 0 Å². The molecule has 0 aliphatic heterocycles. The molecule has 6 nitrogen and oxygen atoms in total. The molecule has 1 heterocycles. The van der Waals surface area contributed by atoms with Gasteiger partial charge in [-0.25, -0.2) is 0 Å². The molecule has 0 unspecified atom stereocenters. The third kappa shape index (κ3) is 8.01. The number of fused-ring (bicyclic) bond motifs is 1. The second-order valence-corrected chi connectivity index (χ2v) is 6.47. The Morgan fingerprint density at radius 3 is 2.59 bits per heavy atom. The minimum Gasteiger partial charge on any atom is -0.379 e. The highest BCUT2D eigenvalue weighted by atomic mass is 16.5. The van der Waals surface area contributed by atoms with E-state index >= 15 is 0 Å². The minimum absolute atomic E-state index is 0.641. The molecule has 27 heavy (non-hydrogen) atoms. The normalized spacial score (nSPS) is 11.9. The third-order valence-corrected chi connectivity index (χ3v) is 4.37. The van der Waals surface area contributed by atoms with Gasteiger partial charge in [0.05, 0.1) is 19.8 Å². The molecule has 2 rings (SSSR count). The first kappa shape index (κ1) is 21.3. The summed E-state index contributed by atoms with van der Waals surface area (Å²) >= 11 is 0. The number of aliphatic imine (C=N–C) groups is 1. The second kappa shape index (κ2) is 13.2. The molecule has 150 valence electrons. The topological polar surface area (TPSA) is 70.7 Å². The Morgan fingerprint density at radius 1 is 1.00 bits per heavy atom. The molecule has 0 radical (unpaired) electrons. The van der Waals surface area contributed by atoms with Crippen LogP contribution in [0.4, 0.5) is 0 Å². The van der Waals surface area contributed by atoms with Crippen molar-refractivity contribution >= 4 is 16.9 Å². The van der Waals surface area contributed by atoms with Gasteiger partial charge < -0.3 is 25.1 Å². The van der Waals surface area contributed by atoms with E-state index in [4.69, 9.17) is 9.47 Å². The molecule has 0 aliphatic rings. The molecule has 0 saturated heterocycles. The summed E-state index contributed by atoms with van der Waals surface area (Å²) in [5.41, 5.74) is 2.57. The number of para-hydroxylation sites is 1. The van der Waals surface area contributed by atoms with E-state index in [1.165, 1.54) is 22.9 Å². The maximum absolute atomic E-state index is 5.55. The van der Waals surface area contributed by atoms with Crippen LogP contribution in [-0.4, -0.2) is 57.5 Å². The summed E-state index contributed by atoms with van der Waals surface area (Å²) in [6.45, 7) is 6.56. The Balaban J connectivity index is 1.52. The molecule has 3 N–H and O–H groups in total. The number of guanidine groups is 1. The summed E-state index contributed by atoms with van der Waals surface area (Å²) in [6, 6.07) is 8.43. The summed E-state index contributed by atoms with van der Waals surface area (Å²) in [5, 5.41) is 7.94. The number of hydrogen-bond acceptors (Lipinski definition) is 3. The van der Waals surface area contributed by atoms with Crippen LogP contribution in [0, 0.1) is 0 Å². The van der Waals surface area contributed by atoms with Crippen molar-refractivity contribution in [2.45, 2.75) is 32.6 Å². The van der Waals surface area contributed by atoms with Gasteiger partial charge in [0.1, 0.15) is 0 Å². The Morgan fingerprint density at radius 2 is 1.78 bits per heavy atom. The van der Waals surface area contributed by atoms with Gasteiger partial charge in [-0.3, -0.25) is 4.99 Å². The number of benzene rings is 1. The van der Waals surface area contributed by atoms with Gasteiger partial charge in [-0.2, -0.15) is 0 Å². The number of nitrogens with zero attached hydrogens (tertiary/aromatic N) is 1. The quantitative estimate of drug-likeness (QED) is 0.286. The summed E-state index contributed by atoms with van der Waals surface area (Å²) in [6.07, 6.45) is 6.48. The van der Waals surface area contributed by atoms with Gasteiger partial charge in [-0.1, -0.05) is 31.5 Å². The highest BCUT2D eigenvalue weighted by Crippen LogP contribution is 2.18. The van der Waals surface area contributed by atoms with E-state index in [1.54, 1.807) is 7.05 Å². The molecule has 6 heteroatoms. The summed E-state index contributed by atoms with van der Waals surface area (Å²) < 4.78 is 11.0. The van der Waals surface area contributed by atoms with Gasteiger partial charge in [0.2, 0.25) is 0 Å². The molecule has 0 bridgehead atoms. The predicted molar refractivity (Wildman–Crippen MR) is 113 cm³/mol. The van der Waals surface area contributed by atoms with E-state index in [1.807, 2.05) is 0 Å². The zero-order chi connectivity index (χ0) is 19.2. The van der Waals surface area contributed by atoms with Gasteiger partial charge >= 0.3 is 0 Å². The molecule has 0 spiro atoms. The van der Waals surface area contributed by atoms with Crippen molar-refractivity contribution in [1.29, 1.82) is 0 Å². The molecule has 0 fully saturated rings. The van der Waals surface area contributed by atoms with Crippen LogP contribution in [0.2, 0.25) is 0 Å². The molecule has 0 amide bonds. The van der Waals surface area contributed by atoms with Crippen molar-refractivity contribution < 1.29 is 9.47 Å². The number of aryl methyl sites for hydroxylation is 1. The number of rotatable bonds is 13. The van der Waals surface area contributed by atoms with Crippen molar-refractivity contribution in [2.75, 3.05) is 46.6 Å². The molecule has 1 aromatic carbocycles. The standard InChI is InChI=1S/C21H34N4O2/c1-3-4-13-26-15-16-27-14-12-24-21(22-2)23-11-7-8-18-17-25-20-10-6-5-9-19(18)20/h5-6,9-10,17,25H,3-4,7-8,11-16H2,1-2H3,(H2,22,23,24). The van der Waals surface area contributed by atoms with Crippen LogP contribution in [0.3, 0.4) is 0 Å². The first-order chi connectivity index (χ1) is 13.3. The van der Waals surface area contributed by atoms with E-state index in [0.29, 0.717) is 19.8 Å². The number of nitrogens with one attached hydrogen (secondary N) is 3. The van der Waals surface area contributed by atoms with Crippen LogP contribution in [0.1, 0.15) is 31.7 Å². The van der Waals surface area contributed by atoms with Gasteiger partial charge in [0.15, 0.2) is 5.96 Å². The Kier molecular flexibility index (Phi) is 10.4. The maximum Gasteiger partial charge on any atom is 0.191 e. The van der Waals surface area contributed by atoms with E-state index in [2.05, 4.69) is 58.0 Å². The fourth-order valence-electron chi connectivity index (χ4n) is 2.85. The first-order valence-corrected chi connectivity index (χ1v) is 10.00. The largest absolute Gasteiger partial charge is 0.379 e. The third-order valence-electron chi connectivity index (χ3n) is 4.37. The molecule has 2 aromatic rings. The smallest absolute Gasteiger partial charge is 0.191 e. The number of hydrogen-bond donors (Lipinski definition) is 3. The number of unbranched alkanes of at least 4 members (excludes halogenated alkanes) is 1. The van der Waals surface area contributed by atoms with E-state index < -0.39 is 0 Å². The average Bonchev–Trinajstić information content (AvgIpc) is 3.11. The lowest BCUT2D eigenvalue weighted by Gasteiger charge is -2.12. The van der Waals surface area contributed by atoms with Crippen LogP contribution in [0.15, 0.2) is 35.5 Å². The Labute approximate surface area is 162 Å². The fraction of sp³-hybridized carbons (Fsp3) is 0.571. The number of aromatic nitrogens is 1. The van der Waals surface area contributed by atoms with Crippen molar-refractivity contribution in [3.8, 4) is 0 Å². The lowest BCUT2D eigenvalue weighted by Crippen LogP contribution is -2.39. The van der Waals surface area contributed by atoms with Crippen molar-refractivity contribution in [3.63, 3.8) is 0 Å². The minimum atomic E-state index is 0.641. The molecule has 0 saturated carbocycles. The Bertz CT molecular complexity index is 669. The summed E-state index contributed by atoms with van der Waals surface area (Å²) in [4.78, 5) is 7.58. The molecular weight excluding hydrogens is 340 g/mol. The zero-order valence-electron chi connectivity index (χ0n) is 16.7. The van der Waals surface area contributed by atoms with E-state index in [9.17, 15) is 0 Å². The van der Waals surface area contributed by atoms with Crippen molar-refractivity contribution in [1.82, 2.24) is 15.6 Å². The number of ether oxygens (including phenoxy) is 2. The molecular formula is C21H34N4O2. The fourth-order valence-corrected chi connectivity index (χ4v) is 2.85. The molecule has 0 atom stereocenters. The number of H-pyrrole nitrogens is 1. The Hall–Kier alpha value is -2.05. The van der Waals surface area contributed by atoms with Crippen LogP contribution < -0.4 is 10.6 Å². The first-order valence-electron chi connectivity index (χ1n) is 10.00. The van der Waals surface area contributed by atoms with E-state index in [0.717, 1.165) is 44.9 Å². The van der Waals surface area contributed by atoms with Gasteiger partial charge in [-0.05, 0) is 30.9 Å². The summed E-state index contributed by atoms with van der Waals surface area (Å²) in [7, 11) is 1.79. The average molecular weight is 375 g/mol. The van der Waals surface area contributed by atoms with Crippen molar-refractivity contribution in [3.05, 3.63) is 36.0 Å². The van der Waals surface area contributed by atoms with Crippen LogP contribution in [0.5, 0.6) is 0 Å². The van der Waals surface area contributed by atoms with Crippen molar-refractivity contribution in [2.24, 2.45) is 4.99 Å². The van der Waals surface area contributed by atoms with Crippen LogP contribution in [-0.2, 0) is 15.9 Å². The zero-order valence-corrected chi connectivity index (χ0v) is 16.7. The lowest BCUT2D eigenvalue weighted by molar-refractivity contribution is 0.0487. The predicted octanol–water partition coefficient (Wildman–Crippen LogP) is 3.10. The molecule has 0 aliphatic carbocycles. The van der Waals surface area contributed by atoms with Gasteiger partial charge in [0, 0.05) is 43.8 Å². The van der Waals surface area contributed by atoms with Crippen LogP contribution >= 0.6 is 0 Å². The van der Waals surface area contributed by atoms with Gasteiger partial charge in [0.25, 0.3) is 0 Å². The highest BCUT2D eigenvalue weighted by Gasteiger charge is 2.03. The number of aromatic amines is 1. The SMILES string of the molecule is CCCCOCCOCCNC(=NC)NCCCc1c[nH]c2ccccc12. The second-order valence-electron chi connectivity index (χ2n) is 6.47. The lowest BCUT2D eigenvalue weighted by atomic mass is 10.1.